The molecule has 0 bridgehead atoms. The molecule has 0 unspecified atom stereocenters. The molecule has 5 heteroatoms. The third-order valence-corrected chi connectivity index (χ3v) is 3.08. The van der Waals surface area contributed by atoms with Crippen molar-refractivity contribution in [1.29, 1.82) is 0 Å². The predicted molar refractivity (Wildman–Crippen MR) is 59.2 cm³/mol. The molecule has 0 N–H and O–H groups in total. The van der Waals surface area contributed by atoms with Crippen LogP contribution in [0.3, 0.4) is 0 Å². The van der Waals surface area contributed by atoms with Gasteiger partial charge in [-0.25, -0.2) is 4.52 Å². The van der Waals surface area contributed by atoms with E-state index in [0.29, 0.717) is 5.88 Å². The van der Waals surface area contributed by atoms with Gasteiger partial charge in [0.1, 0.15) is 0 Å². The minimum atomic E-state index is 0.289. The summed E-state index contributed by atoms with van der Waals surface area (Å²) in [5, 5.41) is 7.27. The fourth-order valence-electron chi connectivity index (χ4n) is 2.33. The van der Waals surface area contributed by atoms with Crippen molar-refractivity contribution < 1.29 is 4.74 Å². The van der Waals surface area contributed by atoms with Crippen LogP contribution in [0, 0.1) is 4.91 Å². The molecule has 0 radical (unpaired) electrons. The number of nitrogens with zero attached hydrogens (tertiary/aromatic N) is 3. The Morgan fingerprint density at radius 3 is 3.06 bits per heavy atom. The Morgan fingerprint density at radius 1 is 1.44 bits per heavy atom. The number of pyridine rings is 1. The van der Waals surface area contributed by atoms with Crippen LogP contribution in [0.1, 0.15) is 17.7 Å². The molecule has 82 valence electrons. The Kier molecular flexibility index (Phi) is 1.92. The van der Waals surface area contributed by atoms with Crippen molar-refractivity contribution in [3.05, 3.63) is 28.3 Å². The summed E-state index contributed by atoms with van der Waals surface area (Å²) < 4.78 is 6.84. The molecule has 0 saturated heterocycles. The van der Waals surface area contributed by atoms with Gasteiger partial charge in [0, 0.05) is 5.69 Å². The van der Waals surface area contributed by atoms with Crippen LogP contribution in [-0.4, -0.2) is 16.7 Å². The fourth-order valence-corrected chi connectivity index (χ4v) is 2.33. The van der Waals surface area contributed by atoms with Crippen LogP contribution in [0.25, 0.3) is 5.52 Å². The van der Waals surface area contributed by atoms with E-state index in [-0.39, 0.29) is 5.69 Å². The van der Waals surface area contributed by atoms with Crippen LogP contribution >= 0.6 is 0 Å². The average molecular weight is 217 g/mol. The van der Waals surface area contributed by atoms with Crippen LogP contribution < -0.4 is 4.74 Å². The quantitative estimate of drug-likeness (QED) is 0.725. The van der Waals surface area contributed by atoms with Crippen LogP contribution in [0.2, 0.25) is 0 Å². The second-order valence-electron chi connectivity index (χ2n) is 3.91. The van der Waals surface area contributed by atoms with Gasteiger partial charge in [0.15, 0.2) is 5.69 Å². The van der Waals surface area contributed by atoms with E-state index in [0.717, 1.165) is 24.8 Å². The molecular weight excluding hydrogens is 206 g/mol. The van der Waals surface area contributed by atoms with Crippen molar-refractivity contribution in [2.24, 2.45) is 5.18 Å². The Labute approximate surface area is 92.0 Å². The summed E-state index contributed by atoms with van der Waals surface area (Å²) in [4.78, 5) is 10.8. The van der Waals surface area contributed by atoms with Crippen molar-refractivity contribution in [3.63, 3.8) is 0 Å². The lowest BCUT2D eigenvalue weighted by Gasteiger charge is -2.01. The van der Waals surface area contributed by atoms with E-state index < -0.39 is 0 Å². The number of hydrogen-bond donors (Lipinski definition) is 0. The summed E-state index contributed by atoms with van der Waals surface area (Å²) >= 11 is 0. The molecule has 0 aromatic carbocycles. The summed E-state index contributed by atoms with van der Waals surface area (Å²) in [5.74, 6) is 0.301. The first-order valence-electron chi connectivity index (χ1n) is 5.26. The van der Waals surface area contributed by atoms with Crippen LogP contribution in [-0.2, 0) is 12.8 Å². The number of methoxy groups -OCH3 is 1. The third-order valence-electron chi connectivity index (χ3n) is 3.08. The zero-order valence-corrected chi connectivity index (χ0v) is 8.93. The molecule has 0 atom stereocenters. The SMILES string of the molecule is COc1nn2c3c(ccc2c1N=O)CCC3. The lowest BCUT2D eigenvalue weighted by atomic mass is 10.2. The molecule has 5 nitrogen and oxygen atoms in total. The zero-order valence-electron chi connectivity index (χ0n) is 8.93. The van der Waals surface area contributed by atoms with Gasteiger partial charge in [-0.3, -0.25) is 0 Å². The van der Waals surface area contributed by atoms with Gasteiger partial charge in [0.05, 0.1) is 12.6 Å². The molecule has 1 aliphatic rings. The molecular formula is C11H11N3O2. The van der Waals surface area contributed by atoms with Gasteiger partial charge < -0.3 is 4.74 Å². The molecule has 0 saturated carbocycles. The highest BCUT2D eigenvalue weighted by atomic mass is 16.5. The van der Waals surface area contributed by atoms with Crippen LogP contribution in [0.5, 0.6) is 5.88 Å². The topological polar surface area (TPSA) is 56.0 Å². The maximum Gasteiger partial charge on any atom is 0.263 e. The highest BCUT2D eigenvalue weighted by Gasteiger charge is 2.20. The second kappa shape index (κ2) is 3.30. The van der Waals surface area contributed by atoms with Crippen molar-refractivity contribution in [2.75, 3.05) is 7.11 Å². The Balaban J connectivity index is 2.38. The normalized spacial score (nSPS) is 14.1. The lowest BCUT2D eigenvalue weighted by Crippen LogP contribution is -1.97. The Bertz CT molecular complexity index is 574. The fraction of sp³-hybridized carbons (Fsp3) is 0.364. The first kappa shape index (κ1) is 9.33. The van der Waals surface area contributed by atoms with E-state index in [4.69, 9.17) is 4.74 Å². The summed E-state index contributed by atoms with van der Waals surface area (Å²) in [6, 6.07) is 3.93. The second-order valence-corrected chi connectivity index (χ2v) is 3.91. The number of rotatable bonds is 2. The monoisotopic (exact) mass is 217 g/mol. The summed E-state index contributed by atoms with van der Waals surface area (Å²) in [6.07, 6.45) is 3.22. The smallest absolute Gasteiger partial charge is 0.263 e. The van der Waals surface area contributed by atoms with Gasteiger partial charge in [-0.2, -0.15) is 0 Å². The van der Waals surface area contributed by atoms with Gasteiger partial charge >= 0.3 is 0 Å². The van der Waals surface area contributed by atoms with E-state index in [1.165, 1.54) is 18.4 Å². The molecule has 3 rings (SSSR count). The Morgan fingerprint density at radius 2 is 2.31 bits per heavy atom. The summed E-state index contributed by atoms with van der Waals surface area (Å²) in [6.45, 7) is 0. The number of ether oxygens (including phenoxy) is 1. The van der Waals surface area contributed by atoms with E-state index >= 15 is 0 Å². The molecule has 2 aromatic rings. The minimum absolute atomic E-state index is 0.289. The molecule has 2 heterocycles. The lowest BCUT2D eigenvalue weighted by molar-refractivity contribution is 0.396. The van der Waals surface area contributed by atoms with Gasteiger partial charge in [0.25, 0.3) is 5.88 Å². The van der Waals surface area contributed by atoms with Crippen molar-refractivity contribution in [3.8, 4) is 5.88 Å². The molecule has 0 spiro atoms. The first-order valence-corrected chi connectivity index (χ1v) is 5.26. The zero-order chi connectivity index (χ0) is 11.1. The van der Waals surface area contributed by atoms with Crippen molar-refractivity contribution >= 4 is 11.2 Å². The van der Waals surface area contributed by atoms with E-state index in [1.54, 1.807) is 4.52 Å². The maximum atomic E-state index is 10.8. The number of aryl methyl sites for hydroxylation is 2. The van der Waals surface area contributed by atoms with Crippen LogP contribution in [0.15, 0.2) is 17.3 Å². The minimum Gasteiger partial charge on any atom is -0.478 e. The van der Waals surface area contributed by atoms with Gasteiger partial charge in [-0.1, -0.05) is 6.07 Å². The van der Waals surface area contributed by atoms with Gasteiger partial charge in [0.2, 0.25) is 0 Å². The first-order chi connectivity index (χ1) is 7.85. The van der Waals surface area contributed by atoms with E-state index in [1.807, 2.05) is 12.1 Å². The highest BCUT2D eigenvalue weighted by molar-refractivity contribution is 5.74. The van der Waals surface area contributed by atoms with E-state index in [9.17, 15) is 4.91 Å². The molecule has 16 heavy (non-hydrogen) atoms. The largest absolute Gasteiger partial charge is 0.478 e. The maximum absolute atomic E-state index is 10.8. The van der Waals surface area contributed by atoms with Crippen LogP contribution in [0.4, 0.5) is 5.69 Å². The van der Waals surface area contributed by atoms with Gasteiger partial charge in [-0.05, 0) is 36.1 Å². The molecule has 0 amide bonds. The summed E-state index contributed by atoms with van der Waals surface area (Å²) in [5.41, 5.74) is 3.49. The highest BCUT2D eigenvalue weighted by Crippen LogP contribution is 2.34. The number of nitroso groups, excluding NO2 is 1. The van der Waals surface area contributed by atoms with Crippen molar-refractivity contribution in [1.82, 2.24) is 9.61 Å². The van der Waals surface area contributed by atoms with E-state index in [2.05, 4.69) is 10.3 Å². The molecule has 2 aromatic heterocycles. The number of fused-ring (bicyclic) bond motifs is 3. The number of aromatic nitrogens is 2. The molecule has 0 aliphatic heterocycles. The van der Waals surface area contributed by atoms with Gasteiger partial charge in [-0.15, -0.1) is 10.0 Å². The Hall–Kier alpha value is -1.91. The third kappa shape index (κ3) is 1.08. The van der Waals surface area contributed by atoms with Crippen molar-refractivity contribution in [2.45, 2.75) is 19.3 Å². The molecule has 0 fully saturated rings. The number of hydrogen-bond acceptors (Lipinski definition) is 4. The average Bonchev–Trinajstić information content (AvgIpc) is 2.91. The molecule has 1 aliphatic carbocycles. The standard InChI is InChI=1S/C11H11N3O2/c1-16-11-10(13-15)9-6-5-7-3-2-4-8(7)14(9)12-11/h5-6H,2-4H2,1H3. The predicted octanol–water partition coefficient (Wildman–Crippen LogP) is 2.23. The summed E-state index contributed by atoms with van der Waals surface area (Å²) in [7, 11) is 1.50.